The predicted octanol–water partition coefficient (Wildman–Crippen LogP) is 4.26. The van der Waals surface area contributed by atoms with E-state index in [4.69, 9.17) is 0 Å². The molecular formula is C21H31NO3. The number of hydrogen-bond acceptors (Lipinski definition) is 3. The van der Waals surface area contributed by atoms with Crippen molar-refractivity contribution in [2.75, 3.05) is 11.4 Å². The molecule has 25 heavy (non-hydrogen) atoms. The number of fused-ring (bicyclic) bond motifs is 1. The fourth-order valence-corrected chi connectivity index (χ4v) is 3.64. The Morgan fingerprint density at radius 2 is 1.76 bits per heavy atom. The molecule has 1 amide bonds. The number of carbonyl (C=O) groups is 2. The van der Waals surface area contributed by atoms with Crippen LogP contribution in [0.4, 0.5) is 5.69 Å². The SMILES string of the molecule is CCCCCCCCCN1C(=O)C(O)(CC(C)=O)c2cc(C)ccc21. The number of aryl methyl sites for hydroxylation is 1. The lowest BCUT2D eigenvalue weighted by Crippen LogP contribution is -2.41. The molecule has 4 nitrogen and oxygen atoms in total. The van der Waals surface area contributed by atoms with E-state index in [2.05, 4.69) is 6.92 Å². The zero-order valence-electron chi connectivity index (χ0n) is 15.8. The summed E-state index contributed by atoms with van der Waals surface area (Å²) in [6.45, 7) is 6.15. The number of amides is 1. The molecule has 138 valence electrons. The molecular weight excluding hydrogens is 314 g/mol. The number of hydrogen-bond donors (Lipinski definition) is 1. The van der Waals surface area contributed by atoms with Gasteiger partial charge in [0.2, 0.25) is 0 Å². The summed E-state index contributed by atoms with van der Waals surface area (Å²) in [5.41, 5.74) is 0.612. The molecule has 0 saturated heterocycles. The number of carbonyl (C=O) groups excluding carboxylic acids is 2. The van der Waals surface area contributed by atoms with Crippen LogP contribution in [0.3, 0.4) is 0 Å². The van der Waals surface area contributed by atoms with E-state index >= 15 is 0 Å². The van der Waals surface area contributed by atoms with E-state index in [1.807, 2.05) is 25.1 Å². The quantitative estimate of drug-likeness (QED) is 0.645. The fourth-order valence-electron chi connectivity index (χ4n) is 3.64. The highest BCUT2D eigenvalue weighted by molar-refractivity contribution is 6.08. The van der Waals surface area contributed by atoms with E-state index in [0.29, 0.717) is 12.1 Å². The van der Waals surface area contributed by atoms with E-state index in [1.54, 1.807) is 4.90 Å². The molecule has 0 radical (unpaired) electrons. The van der Waals surface area contributed by atoms with Crippen molar-refractivity contribution in [1.29, 1.82) is 0 Å². The van der Waals surface area contributed by atoms with E-state index in [-0.39, 0.29) is 18.1 Å². The zero-order valence-corrected chi connectivity index (χ0v) is 15.8. The summed E-state index contributed by atoms with van der Waals surface area (Å²) < 4.78 is 0. The van der Waals surface area contributed by atoms with Gasteiger partial charge in [-0.2, -0.15) is 0 Å². The average Bonchev–Trinajstić information content (AvgIpc) is 2.75. The summed E-state index contributed by atoms with van der Waals surface area (Å²) in [7, 11) is 0. The standard InChI is InChI=1S/C21H31NO3/c1-4-5-6-7-8-9-10-13-22-19-12-11-16(2)14-18(19)21(25,20(22)24)15-17(3)23/h11-12,14,25H,4-10,13,15H2,1-3H3. The van der Waals surface area contributed by atoms with E-state index < -0.39 is 5.60 Å². The van der Waals surface area contributed by atoms with E-state index in [1.165, 1.54) is 39.0 Å². The second-order valence-corrected chi connectivity index (χ2v) is 7.34. The van der Waals surface area contributed by atoms with Crippen LogP contribution in [0.5, 0.6) is 0 Å². The first-order valence-electron chi connectivity index (χ1n) is 9.55. The molecule has 4 heteroatoms. The van der Waals surface area contributed by atoms with Crippen LogP contribution >= 0.6 is 0 Å². The highest BCUT2D eigenvalue weighted by Crippen LogP contribution is 2.43. The number of ketones is 1. The molecule has 1 aliphatic heterocycles. The maximum Gasteiger partial charge on any atom is 0.264 e. The first-order valence-corrected chi connectivity index (χ1v) is 9.55. The number of anilines is 1. The maximum absolute atomic E-state index is 12.9. The van der Waals surface area contributed by atoms with Crippen molar-refractivity contribution in [3.05, 3.63) is 29.3 Å². The van der Waals surface area contributed by atoms with Crippen molar-refractivity contribution < 1.29 is 14.7 Å². The van der Waals surface area contributed by atoms with Crippen LogP contribution in [0.1, 0.15) is 76.3 Å². The molecule has 1 aromatic rings. The summed E-state index contributed by atoms with van der Waals surface area (Å²) in [4.78, 5) is 26.1. The van der Waals surface area contributed by atoms with Crippen LogP contribution in [0.15, 0.2) is 18.2 Å². The first kappa shape index (κ1) is 19.6. The van der Waals surface area contributed by atoms with E-state index in [0.717, 1.165) is 24.1 Å². The molecule has 1 aromatic carbocycles. The number of Topliss-reactive ketones (excluding diaryl/α,β-unsaturated/α-hetero) is 1. The summed E-state index contributed by atoms with van der Waals surface area (Å²) >= 11 is 0. The first-order chi connectivity index (χ1) is 11.9. The summed E-state index contributed by atoms with van der Waals surface area (Å²) in [6, 6.07) is 5.67. The van der Waals surface area contributed by atoms with Crippen LogP contribution in [-0.4, -0.2) is 23.3 Å². The van der Waals surface area contributed by atoms with Crippen LogP contribution in [0.2, 0.25) is 0 Å². The molecule has 0 aliphatic carbocycles. The Balaban J connectivity index is 2.05. The smallest absolute Gasteiger partial charge is 0.264 e. The predicted molar refractivity (Wildman–Crippen MR) is 101 cm³/mol. The zero-order chi connectivity index (χ0) is 18.4. The van der Waals surface area contributed by atoms with Crippen molar-refractivity contribution in [1.82, 2.24) is 0 Å². The second kappa shape index (κ2) is 8.61. The lowest BCUT2D eigenvalue weighted by molar-refractivity contribution is -0.141. The Morgan fingerprint density at radius 3 is 2.40 bits per heavy atom. The molecule has 0 saturated carbocycles. The molecule has 1 N–H and O–H groups in total. The minimum Gasteiger partial charge on any atom is -0.375 e. The Hall–Kier alpha value is -1.68. The van der Waals surface area contributed by atoms with Gasteiger partial charge in [0.1, 0.15) is 5.78 Å². The minimum atomic E-state index is -1.70. The summed E-state index contributed by atoms with van der Waals surface area (Å²) in [5.74, 6) is -0.532. The lowest BCUT2D eigenvalue weighted by Gasteiger charge is -2.22. The van der Waals surface area contributed by atoms with Gasteiger partial charge < -0.3 is 10.0 Å². The largest absolute Gasteiger partial charge is 0.375 e. The fraction of sp³-hybridized carbons (Fsp3) is 0.619. The van der Waals surface area contributed by atoms with Gasteiger partial charge in [-0.05, 0) is 26.3 Å². The van der Waals surface area contributed by atoms with Crippen molar-refractivity contribution in [3.8, 4) is 0 Å². The molecule has 1 aliphatic rings. The van der Waals surface area contributed by atoms with Gasteiger partial charge in [0.25, 0.3) is 5.91 Å². The number of benzene rings is 1. The topological polar surface area (TPSA) is 57.6 Å². The molecule has 0 bridgehead atoms. The number of aliphatic hydroxyl groups is 1. The van der Waals surface area contributed by atoms with Crippen LogP contribution in [0.25, 0.3) is 0 Å². The Bertz CT molecular complexity index is 626. The van der Waals surface area contributed by atoms with Crippen molar-refractivity contribution in [2.24, 2.45) is 0 Å². The lowest BCUT2D eigenvalue weighted by atomic mass is 9.89. The molecule has 1 unspecified atom stereocenters. The highest BCUT2D eigenvalue weighted by Gasteiger charge is 2.50. The summed E-state index contributed by atoms with van der Waals surface area (Å²) in [6.07, 6.45) is 8.07. The maximum atomic E-state index is 12.9. The molecule has 0 spiro atoms. The Morgan fingerprint density at radius 1 is 1.12 bits per heavy atom. The number of unbranched alkanes of at least 4 members (excludes halogenated alkanes) is 6. The van der Waals surface area contributed by atoms with Gasteiger partial charge in [0.15, 0.2) is 5.60 Å². The minimum absolute atomic E-state index is 0.157. The van der Waals surface area contributed by atoms with Gasteiger partial charge in [-0.3, -0.25) is 9.59 Å². The molecule has 0 fully saturated rings. The molecule has 1 atom stereocenters. The third kappa shape index (κ3) is 4.49. The number of rotatable bonds is 10. The highest BCUT2D eigenvalue weighted by atomic mass is 16.3. The average molecular weight is 345 g/mol. The Kier molecular flexibility index (Phi) is 6.77. The third-order valence-electron chi connectivity index (χ3n) is 4.98. The summed E-state index contributed by atoms with van der Waals surface area (Å²) in [5, 5.41) is 11.0. The number of nitrogens with zero attached hydrogens (tertiary/aromatic N) is 1. The van der Waals surface area contributed by atoms with Gasteiger partial charge in [-0.1, -0.05) is 63.1 Å². The Labute approximate surface area is 151 Å². The molecule has 1 heterocycles. The van der Waals surface area contributed by atoms with Gasteiger partial charge in [0, 0.05) is 18.5 Å². The van der Waals surface area contributed by atoms with Crippen LogP contribution < -0.4 is 4.90 Å². The van der Waals surface area contributed by atoms with Gasteiger partial charge in [-0.15, -0.1) is 0 Å². The van der Waals surface area contributed by atoms with Crippen molar-refractivity contribution in [3.63, 3.8) is 0 Å². The van der Waals surface area contributed by atoms with Gasteiger partial charge >= 0.3 is 0 Å². The monoisotopic (exact) mass is 345 g/mol. The normalized spacial score (nSPS) is 19.4. The third-order valence-corrected chi connectivity index (χ3v) is 4.98. The van der Waals surface area contributed by atoms with Gasteiger partial charge in [0.05, 0.1) is 5.69 Å². The second-order valence-electron chi connectivity index (χ2n) is 7.34. The molecule has 0 aromatic heterocycles. The van der Waals surface area contributed by atoms with Crippen molar-refractivity contribution in [2.45, 2.75) is 77.7 Å². The van der Waals surface area contributed by atoms with Crippen molar-refractivity contribution >= 4 is 17.4 Å². The van der Waals surface area contributed by atoms with E-state index in [9.17, 15) is 14.7 Å². The van der Waals surface area contributed by atoms with Gasteiger partial charge in [-0.25, -0.2) is 0 Å². The molecule has 2 rings (SSSR count). The van der Waals surface area contributed by atoms with Crippen LogP contribution in [0, 0.1) is 6.92 Å². The van der Waals surface area contributed by atoms with Crippen LogP contribution in [-0.2, 0) is 15.2 Å².